The van der Waals surface area contributed by atoms with E-state index in [-0.39, 0.29) is 6.03 Å². The molecule has 6 heteroatoms. The van der Waals surface area contributed by atoms with E-state index in [1.54, 1.807) is 4.90 Å². The molecule has 2 amide bonds. The minimum absolute atomic E-state index is 0.106. The van der Waals surface area contributed by atoms with Crippen LogP contribution >= 0.6 is 11.5 Å². The van der Waals surface area contributed by atoms with E-state index < -0.39 is 0 Å². The van der Waals surface area contributed by atoms with Gasteiger partial charge < -0.3 is 4.90 Å². The fourth-order valence-electron chi connectivity index (χ4n) is 2.19. The van der Waals surface area contributed by atoms with Crippen LogP contribution in [0.1, 0.15) is 17.0 Å². The molecule has 0 saturated carbocycles. The molecule has 5 nitrogen and oxygen atoms in total. The van der Waals surface area contributed by atoms with Crippen molar-refractivity contribution < 1.29 is 4.79 Å². The Kier molecular flexibility index (Phi) is 3.16. The lowest BCUT2D eigenvalue weighted by atomic mass is 10.0. The van der Waals surface area contributed by atoms with Crippen LogP contribution in [0.2, 0.25) is 0 Å². The SMILES string of the molecule is Cc1nsc(NC(=O)N2CCc3ccccc3C2)n1. The highest BCUT2D eigenvalue weighted by Gasteiger charge is 2.20. The van der Waals surface area contributed by atoms with Gasteiger partial charge in [0, 0.05) is 24.6 Å². The van der Waals surface area contributed by atoms with E-state index >= 15 is 0 Å². The zero-order chi connectivity index (χ0) is 13.2. The van der Waals surface area contributed by atoms with E-state index in [0.29, 0.717) is 17.5 Å². The first-order chi connectivity index (χ1) is 9.22. The number of hydrogen-bond donors (Lipinski definition) is 1. The molecule has 98 valence electrons. The Bertz CT molecular complexity index is 610. The maximum absolute atomic E-state index is 12.1. The Labute approximate surface area is 115 Å². The number of hydrogen-bond acceptors (Lipinski definition) is 4. The fourth-order valence-corrected chi connectivity index (χ4v) is 2.75. The van der Waals surface area contributed by atoms with Crippen LogP contribution in [0.4, 0.5) is 9.93 Å². The van der Waals surface area contributed by atoms with Gasteiger partial charge in [-0.2, -0.15) is 4.37 Å². The third-order valence-electron chi connectivity index (χ3n) is 3.16. The molecule has 0 saturated heterocycles. The molecule has 2 heterocycles. The molecule has 1 aliphatic heterocycles. The van der Waals surface area contributed by atoms with Crippen molar-refractivity contribution in [1.82, 2.24) is 14.3 Å². The van der Waals surface area contributed by atoms with Crippen LogP contribution in [0.3, 0.4) is 0 Å². The second-order valence-electron chi connectivity index (χ2n) is 4.52. The van der Waals surface area contributed by atoms with Gasteiger partial charge in [-0.25, -0.2) is 9.78 Å². The smallest absolute Gasteiger partial charge is 0.320 e. The van der Waals surface area contributed by atoms with Gasteiger partial charge in [-0.1, -0.05) is 24.3 Å². The number of nitrogens with zero attached hydrogens (tertiary/aromatic N) is 3. The van der Waals surface area contributed by atoms with E-state index in [1.807, 2.05) is 19.1 Å². The first-order valence-electron chi connectivity index (χ1n) is 6.15. The van der Waals surface area contributed by atoms with E-state index in [9.17, 15) is 4.79 Å². The third-order valence-corrected chi connectivity index (χ3v) is 3.88. The van der Waals surface area contributed by atoms with Crippen LogP contribution < -0.4 is 5.32 Å². The van der Waals surface area contributed by atoms with Crippen molar-refractivity contribution in [2.24, 2.45) is 0 Å². The molecule has 0 spiro atoms. The molecule has 1 N–H and O–H groups in total. The fraction of sp³-hybridized carbons (Fsp3) is 0.308. The Balaban J connectivity index is 1.69. The second kappa shape index (κ2) is 4.97. The van der Waals surface area contributed by atoms with Gasteiger partial charge in [0.05, 0.1) is 0 Å². The van der Waals surface area contributed by atoms with E-state index in [2.05, 4.69) is 26.8 Å². The number of anilines is 1. The monoisotopic (exact) mass is 274 g/mol. The van der Waals surface area contributed by atoms with Crippen LogP contribution in [0.5, 0.6) is 0 Å². The molecular weight excluding hydrogens is 260 g/mol. The summed E-state index contributed by atoms with van der Waals surface area (Å²) in [4.78, 5) is 18.1. The van der Waals surface area contributed by atoms with E-state index in [0.717, 1.165) is 13.0 Å². The summed E-state index contributed by atoms with van der Waals surface area (Å²) in [6, 6.07) is 8.14. The predicted molar refractivity (Wildman–Crippen MR) is 74.2 cm³/mol. The van der Waals surface area contributed by atoms with Gasteiger partial charge >= 0.3 is 6.03 Å². The summed E-state index contributed by atoms with van der Waals surface area (Å²) in [7, 11) is 0. The second-order valence-corrected chi connectivity index (χ2v) is 5.27. The summed E-state index contributed by atoms with van der Waals surface area (Å²) in [6.45, 7) is 3.20. The van der Waals surface area contributed by atoms with Crippen LogP contribution in [0, 0.1) is 6.92 Å². The Morgan fingerprint density at radius 3 is 2.89 bits per heavy atom. The first-order valence-corrected chi connectivity index (χ1v) is 6.93. The van der Waals surface area contributed by atoms with Crippen molar-refractivity contribution in [2.45, 2.75) is 19.9 Å². The number of fused-ring (bicyclic) bond motifs is 1. The van der Waals surface area contributed by atoms with Crippen LogP contribution in [0.25, 0.3) is 0 Å². The molecule has 1 aliphatic rings. The van der Waals surface area contributed by atoms with Crippen LogP contribution in [-0.2, 0) is 13.0 Å². The minimum Gasteiger partial charge on any atom is -0.320 e. The standard InChI is InChI=1S/C13H14N4OS/c1-9-14-12(19-16-9)15-13(18)17-7-6-10-4-2-3-5-11(10)8-17/h2-5H,6-8H2,1H3,(H,14,15,16,18). The molecule has 0 aliphatic carbocycles. The number of urea groups is 1. The first kappa shape index (κ1) is 12.1. The van der Waals surface area contributed by atoms with Crippen molar-refractivity contribution in [2.75, 3.05) is 11.9 Å². The van der Waals surface area contributed by atoms with Gasteiger partial charge in [-0.05, 0) is 24.5 Å². The number of carbonyl (C=O) groups excluding carboxylic acids is 1. The molecule has 3 rings (SSSR count). The van der Waals surface area contributed by atoms with Crippen molar-refractivity contribution in [3.63, 3.8) is 0 Å². The zero-order valence-electron chi connectivity index (χ0n) is 10.6. The highest BCUT2D eigenvalue weighted by atomic mass is 32.1. The largest absolute Gasteiger partial charge is 0.323 e. The third kappa shape index (κ3) is 2.58. The molecule has 1 aromatic heterocycles. The quantitative estimate of drug-likeness (QED) is 0.869. The summed E-state index contributed by atoms with van der Waals surface area (Å²) in [5, 5.41) is 3.35. The molecule has 0 unspecified atom stereocenters. The molecule has 0 bridgehead atoms. The average molecular weight is 274 g/mol. The molecule has 2 aromatic rings. The van der Waals surface area contributed by atoms with Crippen LogP contribution in [0.15, 0.2) is 24.3 Å². The summed E-state index contributed by atoms with van der Waals surface area (Å²) >= 11 is 1.21. The number of aromatic nitrogens is 2. The normalized spacial score (nSPS) is 14.1. The maximum Gasteiger partial charge on any atom is 0.323 e. The predicted octanol–water partition coefficient (Wildman–Crippen LogP) is 2.44. The van der Waals surface area contributed by atoms with E-state index in [1.165, 1.54) is 22.7 Å². The Hall–Kier alpha value is -1.95. The average Bonchev–Trinajstić information content (AvgIpc) is 2.83. The molecule has 0 atom stereocenters. The van der Waals surface area contributed by atoms with Gasteiger partial charge in [0.2, 0.25) is 5.13 Å². The van der Waals surface area contributed by atoms with Crippen molar-refractivity contribution >= 4 is 22.7 Å². The summed E-state index contributed by atoms with van der Waals surface area (Å²) in [5.74, 6) is 0.685. The topological polar surface area (TPSA) is 58.1 Å². The molecule has 0 radical (unpaired) electrons. The van der Waals surface area contributed by atoms with Crippen molar-refractivity contribution in [3.8, 4) is 0 Å². The van der Waals surface area contributed by atoms with Crippen LogP contribution in [-0.4, -0.2) is 26.8 Å². The molecule has 0 fully saturated rings. The number of nitrogens with one attached hydrogen (secondary N) is 1. The highest BCUT2D eigenvalue weighted by molar-refractivity contribution is 7.09. The molecule has 1 aromatic carbocycles. The van der Waals surface area contributed by atoms with Gasteiger partial charge in [0.1, 0.15) is 5.82 Å². The molecule has 19 heavy (non-hydrogen) atoms. The lowest BCUT2D eigenvalue weighted by Crippen LogP contribution is -2.38. The van der Waals surface area contributed by atoms with Crippen molar-refractivity contribution in [3.05, 3.63) is 41.2 Å². The number of amides is 2. The Morgan fingerprint density at radius 2 is 2.16 bits per heavy atom. The highest BCUT2D eigenvalue weighted by Crippen LogP contribution is 2.19. The lowest BCUT2D eigenvalue weighted by molar-refractivity contribution is 0.206. The Morgan fingerprint density at radius 1 is 1.37 bits per heavy atom. The summed E-state index contributed by atoms with van der Waals surface area (Å²) < 4.78 is 4.05. The molecular formula is C13H14N4OS. The number of rotatable bonds is 1. The van der Waals surface area contributed by atoms with Gasteiger partial charge in [-0.15, -0.1) is 0 Å². The van der Waals surface area contributed by atoms with E-state index in [4.69, 9.17) is 0 Å². The zero-order valence-corrected chi connectivity index (χ0v) is 11.4. The number of benzene rings is 1. The minimum atomic E-state index is -0.106. The maximum atomic E-state index is 12.1. The lowest BCUT2D eigenvalue weighted by Gasteiger charge is -2.28. The summed E-state index contributed by atoms with van der Waals surface area (Å²) in [5.41, 5.74) is 2.55. The van der Waals surface area contributed by atoms with Gasteiger partial charge in [0.15, 0.2) is 0 Å². The van der Waals surface area contributed by atoms with Gasteiger partial charge in [0.25, 0.3) is 0 Å². The van der Waals surface area contributed by atoms with Gasteiger partial charge in [-0.3, -0.25) is 5.32 Å². The number of aryl methyl sites for hydroxylation is 1. The summed E-state index contributed by atoms with van der Waals surface area (Å²) in [6.07, 6.45) is 0.902. The number of carbonyl (C=O) groups is 1. The van der Waals surface area contributed by atoms with Crippen molar-refractivity contribution in [1.29, 1.82) is 0 Å².